The van der Waals surface area contributed by atoms with Crippen LogP contribution in [-0.4, -0.2) is 34.5 Å². The van der Waals surface area contributed by atoms with Crippen molar-refractivity contribution >= 4 is 11.6 Å². The van der Waals surface area contributed by atoms with E-state index in [2.05, 4.69) is 10.3 Å². The summed E-state index contributed by atoms with van der Waals surface area (Å²) in [6, 6.07) is 9.81. The maximum absolute atomic E-state index is 13.1. The number of aromatic nitrogens is 2. The van der Waals surface area contributed by atoms with Crippen LogP contribution in [0, 0.1) is 5.82 Å². The van der Waals surface area contributed by atoms with E-state index >= 15 is 0 Å². The van der Waals surface area contributed by atoms with Gasteiger partial charge in [-0.2, -0.15) is 0 Å². The summed E-state index contributed by atoms with van der Waals surface area (Å²) in [4.78, 5) is 17.3. The van der Waals surface area contributed by atoms with E-state index in [4.69, 9.17) is 4.74 Å². The standard InChI is InChI=1S/C21H22FN3O2/c1-27-14-21(10-2-3-11-21)24-20(26)16-6-9-19-23-18(13-25(19)12-16)15-4-7-17(22)8-5-15/h4-9,12-13H,2-3,10-11,14H2,1H3,(H,24,26). The summed E-state index contributed by atoms with van der Waals surface area (Å²) >= 11 is 0. The van der Waals surface area contributed by atoms with E-state index in [0.717, 1.165) is 42.6 Å². The molecule has 0 spiro atoms. The van der Waals surface area contributed by atoms with Gasteiger partial charge in [0.2, 0.25) is 0 Å². The van der Waals surface area contributed by atoms with E-state index in [0.29, 0.717) is 12.2 Å². The van der Waals surface area contributed by atoms with E-state index < -0.39 is 0 Å². The van der Waals surface area contributed by atoms with Crippen molar-refractivity contribution < 1.29 is 13.9 Å². The average Bonchev–Trinajstić information content (AvgIpc) is 3.29. The molecular formula is C21H22FN3O2. The Kier molecular flexibility index (Phi) is 4.66. The topological polar surface area (TPSA) is 55.6 Å². The number of hydrogen-bond acceptors (Lipinski definition) is 3. The van der Waals surface area contributed by atoms with Gasteiger partial charge in [-0.25, -0.2) is 9.37 Å². The fourth-order valence-corrected chi connectivity index (χ4v) is 3.83. The zero-order chi connectivity index (χ0) is 18.9. The minimum Gasteiger partial charge on any atom is -0.382 e. The Morgan fingerprint density at radius 2 is 1.93 bits per heavy atom. The minimum atomic E-state index is -0.279. The van der Waals surface area contributed by atoms with Crippen molar-refractivity contribution in [2.24, 2.45) is 0 Å². The monoisotopic (exact) mass is 367 g/mol. The van der Waals surface area contributed by atoms with E-state index in [1.807, 2.05) is 16.7 Å². The smallest absolute Gasteiger partial charge is 0.253 e. The first kappa shape index (κ1) is 17.7. The van der Waals surface area contributed by atoms with Crippen molar-refractivity contribution in [1.29, 1.82) is 0 Å². The first-order valence-electron chi connectivity index (χ1n) is 9.15. The molecule has 0 aliphatic heterocycles. The van der Waals surface area contributed by atoms with Crippen LogP contribution in [0.1, 0.15) is 36.0 Å². The summed E-state index contributed by atoms with van der Waals surface area (Å²) < 4.78 is 20.3. The maximum Gasteiger partial charge on any atom is 0.253 e. The summed E-state index contributed by atoms with van der Waals surface area (Å²) in [5.41, 5.74) is 2.61. The second-order valence-corrected chi connectivity index (χ2v) is 7.19. The fraction of sp³-hybridized carbons (Fsp3) is 0.333. The number of nitrogens with zero attached hydrogens (tertiary/aromatic N) is 2. The molecule has 1 amide bonds. The number of hydrogen-bond donors (Lipinski definition) is 1. The number of halogens is 1. The average molecular weight is 367 g/mol. The van der Waals surface area contributed by atoms with Crippen molar-refractivity contribution in [2.75, 3.05) is 13.7 Å². The summed E-state index contributed by atoms with van der Waals surface area (Å²) in [5, 5.41) is 3.18. The highest BCUT2D eigenvalue weighted by atomic mass is 19.1. The lowest BCUT2D eigenvalue weighted by molar-refractivity contribution is 0.0766. The molecule has 2 heterocycles. The Morgan fingerprint density at radius 3 is 2.63 bits per heavy atom. The number of ether oxygens (including phenoxy) is 1. The van der Waals surface area contributed by atoms with Gasteiger partial charge in [-0.1, -0.05) is 12.8 Å². The number of amides is 1. The Bertz CT molecular complexity index is 959. The first-order chi connectivity index (χ1) is 13.1. The zero-order valence-corrected chi connectivity index (χ0v) is 15.2. The third-order valence-electron chi connectivity index (χ3n) is 5.21. The lowest BCUT2D eigenvalue weighted by Crippen LogP contribution is -2.49. The Balaban J connectivity index is 1.59. The Hall–Kier alpha value is -2.73. The van der Waals surface area contributed by atoms with Crippen molar-refractivity contribution in [3.8, 4) is 11.3 Å². The molecule has 1 N–H and O–H groups in total. The number of rotatable bonds is 5. The Morgan fingerprint density at radius 1 is 1.19 bits per heavy atom. The molecule has 0 unspecified atom stereocenters. The molecule has 1 saturated carbocycles. The van der Waals surface area contributed by atoms with E-state index in [-0.39, 0.29) is 17.3 Å². The first-order valence-corrected chi connectivity index (χ1v) is 9.15. The molecule has 1 aliphatic rings. The van der Waals surface area contributed by atoms with Crippen molar-refractivity contribution in [3.63, 3.8) is 0 Å². The van der Waals surface area contributed by atoms with Crippen LogP contribution in [0.2, 0.25) is 0 Å². The van der Waals surface area contributed by atoms with E-state index in [1.165, 1.54) is 12.1 Å². The normalized spacial score (nSPS) is 15.9. The van der Waals surface area contributed by atoms with Gasteiger partial charge >= 0.3 is 0 Å². The minimum absolute atomic E-state index is 0.104. The Labute approximate surface area is 157 Å². The molecule has 1 aliphatic carbocycles. The summed E-state index contributed by atoms with van der Waals surface area (Å²) in [6.45, 7) is 0.529. The van der Waals surface area contributed by atoms with Gasteiger partial charge in [0.25, 0.3) is 5.91 Å². The molecule has 4 rings (SSSR count). The molecule has 0 radical (unpaired) electrons. The third kappa shape index (κ3) is 3.57. The van der Waals surface area contributed by atoms with Crippen LogP contribution in [0.5, 0.6) is 0 Å². The largest absolute Gasteiger partial charge is 0.382 e. The molecule has 0 atom stereocenters. The number of imidazole rings is 1. The molecular weight excluding hydrogens is 345 g/mol. The summed E-state index contributed by atoms with van der Waals surface area (Å²) in [6.07, 6.45) is 7.71. The highest BCUT2D eigenvalue weighted by Gasteiger charge is 2.35. The maximum atomic E-state index is 13.1. The summed E-state index contributed by atoms with van der Waals surface area (Å²) in [7, 11) is 1.67. The van der Waals surface area contributed by atoms with Crippen LogP contribution >= 0.6 is 0 Å². The van der Waals surface area contributed by atoms with Gasteiger partial charge in [0.05, 0.1) is 23.4 Å². The molecule has 6 heteroatoms. The van der Waals surface area contributed by atoms with Crippen LogP contribution in [-0.2, 0) is 4.74 Å². The van der Waals surface area contributed by atoms with Gasteiger partial charge in [-0.05, 0) is 49.2 Å². The van der Waals surface area contributed by atoms with Crippen LogP contribution in [0.3, 0.4) is 0 Å². The van der Waals surface area contributed by atoms with Crippen molar-refractivity contribution in [3.05, 3.63) is 60.2 Å². The molecule has 1 fully saturated rings. The quantitative estimate of drug-likeness (QED) is 0.746. The van der Waals surface area contributed by atoms with Crippen molar-refractivity contribution in [1.82, 2.24) is 14.7 Å². The molecule has 5 nitrogen and oxygen atoms in total. The number of benzene rings is 1. The number of nitrogens with one attached hydrogen (secondary N) is 1. The predicted molar refractivity (Wildman–Crippen MR) is 101 cm³/mol. The number of pyridine rings is 1. The van der Waals surface area contributed by atoms with Gasteiger partial charge in [-0.15, -0.1) is 0 Å². The second kappa shape index (κ2) is 7.12. The lowest BCUT2D eigenvalue weighted by atomic mass is 9.98. The SMILES string of the molecule is COCC1(NC(=O)c2ccc3nc(-c4ccc(F)cc4)cn3c2)CCCC1. The molecule has 2 aromatic heterocycles. The van der Waals surface area contributed by atoms with Gasteiger partial charge < -0.3 is 14.5 Å². The second-order valence-electron chi connectivity index (χ2n) is 7.19. The van der Waals surface area contributed by atoms with Crippen LogP contribution in [0.4, 0.5) is 4.39 Å². The third-order valence-corrected chi connectivity index (χ3v) is 5.21. The molecule has 0 bridgehead atoms. The van der Waals surface area contributed by atoms with Crippen LogP contribution < -0.4 is 5.32 Å². The summed E-state index contributed by atoms with van der Waals surface area (Å²) in [5.74, 6) is -0.383. The molecule has 1 aromatic carbocycles. The van der Waals surface area contributed by atoms with Gasteiger partial charge in [0.1, 0.15) is 11.5 Å². The number of carbonyl (C=O) groups excluding carboxylic acids is 1. The number of carbonyl (C=O) groups is 1. The molecule has 27 heavy (non-hydrogen) atoms. The number of fused-ring (bicyclic) bond motifs is 1. The highest BCUT2D eigenvalue weighted by molar-refractivity contribution is 5.94. The fourth-order valence-electron chi connectivity index (χ4n) is 3.83. The van der Waals surface area contributed by atoms with Gasteiger partial charge in [0.15, 0.2) is 0 Å². The highest BCUT2D eigenvalue weighted by Crippen LogP contribution is 2.30. The lowest BCUT2D eigenvalue weighted by Gasteiger charge is -2.29. The predicted octanol–water partition coefficient (Wildman–Crippen LogP) is 3.83. The zero-order valence-electron chi connectivity index (χ0n) is 15.2. The van der Waals surface area contributed by atoms with Gasteiger partial charge in [-0.3, -0.25) is 4.79 Å². The van der Waals surface area contributed by atoms with Crippen molar-refractivity contribution in [2.45, 2.75) is 31.2 Å². The number of methoxy groups -OCH3 is 1. The molecule has 140 valence electrons. The van der Waals surface area contributed by atoms with E-state index in [9.17, 15) is 9.18 Å². The molecule has 3 aromatic rings. The van der Waals surface area contributed by atoms with E-state index in [1.54, 1.807) is 31.5 Å². The molecule has 0 saturated heterocycles. The van der Waals surface area contributed by atoms with Gasteiger partial charge in [0, 0.05) is 25.1 Å². The van der Waals surface area contributed by atoms with Crippen LogP contribution in [0.15, 0.2) is 48.8 Å². The van der Waals surface area contributed by atoms with Crippen LogP contribution in [0.25, 0.3) is 16.9 Å².